The predicted molar refractivity (Wildman–Crippen MR) is 145 cm³/mol. The molecule has 35 heavy (non-hydrogen) atoms. The quantitative estimate of drug-likeness (QED) is 0.301. The lowest BCUT2D eigenvalue weighted by molar-refractivity contribution is -0.117. The van der Waals surface area contributed by atoms with Crippen molar-refractivity contribution < 1.29 is 14.3 Å². The van der Waals surface area contributed by atoms with E-state index < -0.39 is 11.6 Å². The molecule has 1 atom stereocenters. The van der Waals surface area contributed by atoms with Crippen molar-refractivity contribution in [2.75, 3.05) is 10.6 Å². The number of hydrogen-bond donors (Lipinski definition) is 3. The zero-order chi connectivity index (χ0) is 25.4. The molecule has 6 nitrogen and oxygen atoms in total. The number of aryl methyl sites for hydroxylation is 1. The van der Waals surface area contributed by atoms with Crippen LogP contribution in [0.15, 0.2) is 78.9 Å². The molecule has 3 aromatic carbocycles. The largest absolute Gasteiger partial charge is 0.456 e. The van der Waals surface area contributed by atoms with Crippen molar-refractivity contribution in [3.05, 3.63) is 95.6 Å². The second-order valence-electron chi connectivity index (χ2n) is 9.22. The first-order valence-electron chi connectivity index (χ1n) is 11.4. The second-order valence-corrected chi connectivity index (χ2v) is 9.63. The number of carbonyl (C=O) groups is 2. The Balaban J connectivity index is 1.68. The maximum Gasteiger partial charge on any atom is 0.338 e. The van der Waals surface area contributed by atoms with Crippen molar-refractivity contribution in [3.63, 3.8) is 0 Å². The predicted octanol–water partition coefficient (Wildman–Crippen LogP) is 5.49. The fraction of sp³-hybridized carbons (Fsp3) is 0.250. The fourth-order valence-electron chi connectivity index (χ4n) is 3.34. The molecule has 3 aromatic rings. The lowest BCUT2D eigenvalue weighted by Gasteiger charge is -2.21. The third-order valence-corrected chi connectivity index (χ3v) is 5.30. The number of ether oxygens (including phenoxy) is 1. The van der Waals surface area contributed by atoms with Gasteiger partial charge in [-0.3, -0.25) is 4.79 Å². The van der Waals surface area contributed by atoms with Crippen molar-refractivity contribution in [1.29, 1.82) is 0 Å². The summed E-state index contributed by atoms with van der Waals surface area (Å²) in [5.74, 6) is -0.576. The van der Waals surface area contributed by atoms with Gasteiger partial charge >= 0.3 is 5.97 Å². The summed E-state index contributed by atoms with van der Waals surface area (Å²) in [5.41, 5.74) is 3.32. The topological polar surface area (TPSA) is 79.5 Å². The van der Waals surface area contributed by atoms with E-state index in [4.69, 9.17) is 17.0 Å². The highest BCUT2D eigenvalue weighted by atomic mass is 32.1. The van der Waals surface area contributed by atoms with Crippen molar-refractivity contribution in [2.24, 2.45) is 0 Å². The molecule has 0 aliphatic rings. The summed E-state index contributed by atoms with van der Waals surface area (Å²) in [6.45, 7) is 7.42. The molecule has 0 spiro atoms. The first-order valence-corrected chi connectivity index (χ1v) is 11.8. The lowest BCUT2D eigenvalue weighted by Crippen LogP contribution is -2.46. The standard InChI is InChI=1S/C28H31N3O3S/c1-19-10-8-9-13-23(19)30-25(32)24(18-20-11-6-5-7-12-20)31-27(35)29-22-16-14-21(15-17-22)26(33)34-28(2,3)4/h5-17,24H,18H2,1-4H3,(H,30,32)(H2,29,31,35). The molecule has 3 rings (SSSR count). The number of rotatable bonds is 7. The number of esters is 1. The number of hydrogen-bond acceptors (Lipinski definition) is 4. The van der Waals surface area contributed by atoms with Gasteiger partial charge in [0, 0.05) is 17.8 Å². The summed E-state index contributed by atoms with van der Waals surface area (Å²) in [4.78, 5) is 25.4. The van der Waals surface area contributed by atoms with E-state index in [2.05, 4.69) is 16.0 Å². The van der Waals surface area contributed by atoms with Crippen molar-refractivity contribution >= 4 is 40.6 Å². The van der Waals surface area contributed by atoms with Gasteiger partial charge < -0.3 is 20.7 Å². The van der Waals surface area contributed by atoms with Crippen molar-refractivity contribution in [3.8, 4) is 0 Å². The van der Waals surface area contributed by atoms with Gasteiger partial charge in [0.15, 0.2) is 5.11 Å². The van der Waals surface area contributed by atoms with Crippen LogP contribution in [0.5, 0.6) is 0 Å². The van der Waals surface area contributed by atoms with E-state index in [-0.39, 0.29) is 11.9 Å². The highest BCUT2D eigenvalue weighted by Crippen LogP contribution is 2.16. The molecule has 0 bridgehead atoms. The third kappa shape index (κ3) is 8.22. The number of para-hydroxylation sites is 1. The molecule has 0 fully saturated rings. The Kier molecular flexibility index (Phi) is 8.60. The van der Waals surface area contributed by atoms with Crippen LogP contribution in [0, 0.1) is 6.92 Å². The minimum atomic E-state index is -0.599. The third-order valence-electron chi connectivity index (χ3n) is 5.08. The van der Waals surface area contributed by atoms with Gasteiger partial charge in [-0.25, -0.2) is 4.79 Å². The molecule has 0 aliphatic heterocycles. The number of nitrogens with one attached hydrogen (secondary N) is 3. The molecule has 0 aliphatic carbocycles. The maximum atomic E-state index is 13.2. The van der Waals surface area contributed by atoms with Crippen LogP contribution in [0.4, 0.5) is 11.4 Å². The number of thiocarbonyl (C=S) groups is 1. The SMILES string of the molecule is Cc1ccccc1NC(=O)C(Cc1ccccc1)NC(=S)Nc1ccc(C(=O)OC(C)(C)C)cc1. The molecule has 0 radical (unpaired) electrons. The van der Waals surface area contributed by atoms with Crippen LogP contribution < -0.4 is 16.0 Å². The number of anilines is 2. The molecule has 0 aromatic heterocycles. The van der Waals surface area contributed by atoms with Gasteiger partial charge in [-0.05, 0) is 81.4 Å². The van der Waals surface area contributed by atoms with E-state index in [0.29, 0.717) is 22.8 Å². The maximum absolute atomic E-state index is 13.2. The Hall–Kier alpha value is -3.71. The van der Waals surface area contributed by atoms with Gasteiger partial charge in [-0.1, -0.05) is 48.5 Å². The van der Waals surface area contributed by atoms with Crippen LogP contribution >= 0.6 is 12.2 Å². The minimum Gasteiger partial charge on any atom is -0.456 e. The van der Waals surface area contributed by atoms with Crippen LogP contribution in [0.1, 0.15) is 42.3 Å². The second kappa shape index (κ2) is 11.6. The highest BCUT2D eigenvalue weighted by molar-refractivity contribution is 7.80. The van der Waals surface area contributed by atoms with E-state index in [1.165, 1.54) is 0 Å². The Morgan fingerprint density at radius 2 is 1.51 bits per heavy atom. The average molecular weight is 490 g/mol. The molecule has 1 unspecified atom stereocenters. The fourth-order valence-corrected chi connectivity index (χ4v) is 3.60. The van der Waals surface area contributed by atoms with Crippen LogP contribution in [0.25, 0.3) is 0 Å². The Labute approximate surface area is 212 Å². The van der Waals surface area contributed by atoms with Crippen LogP contribution in [0.3, 0.4) is 0 Å². The Morgan fingerprint density at radius 3 is 2.14 bits per heavy atom. The van der Waals surface area contributed by atoms with Gasteiger partial charge in [-0.15, -0.1) is 0 Å². The lowest BCUT2D eigenvalue weighted by atomic mass is 10.0. The number of carbonyl (C=O) groups excluding carboxylic acids is 2. The summed E-state index contributed by atoms with van der Waals surface area (Å²) >= 11 is 5.50. The van der Waals surface area contributed by atoms with E-state index in [0.717, 1.165) is 16.8 Å². The van der Waals surface area contributed by atoms with Crippen molar-refractivity contribution in [2.45, 2.75) is 45.8 Å². The summed E-state index contributed by atoms with van der Waals surface area (Å²) in [5, 5.41) is 9.53. The van der Waals surface area contributed by atoms with Gasteiger partial charge in [0.05, 0.1) is 5.56 Å². The Bertz CT molecular complexity index is 1170. The minimum absolute atomic E-state index is 0.187. The van der Waals surface area contributed by atoms with Gasteiger partial charge in [0.1, 0.15) is 11.6 Å². The first-order chi connectivity index (χ1) is 16.6. The molecule has 7 heteroatoms. The molecule has 3 N–H and O–H groups in total. The van der Waals surface area contributed by atoms with E-state index in [9.17, 15) is 9.59 Å². The number of amides is 1. The molecule has 1 amide bonds. The highest BCUT2D eigenvalue weighted by Gasteiger charge is 2.21. The normalized spacial score (nSPS) is 11.8. The summed E-state index contributed by atoms with van der Waals surface area (Å²) in [6, 6.07) is 23.6. The van der Waals surface area contributed by atoms with E-state index >= 15 is 0 Å². The average Bonchev–Trinajstić information content (AvgIpc) is 2.80. The molecule has 0 saturated carbocycles. The van der Waals surface area contributed by atoms with E-state index in [1.54, 1.807) is 24.3 Å². The van der Waals surface area contributed by atoms with Crippen LogP contribution in [-0.4, -0.2) is 28.6 Å². The molecule has 0 heterocycles. The summed E-state index contributed by atoms with van der Waals surface area (Å²) in [6.07, 6.45) is 0.456. The molecular formula is C28H31N3O3S. The number of benzene rings is 3. The van der Waals surface area contributed by atoms with E-state index in [1.807, 2.05) is 82.3 Å². The van der Waals surface area contributed by atoms with Crippen LogP contribution in [-0.2, 0) is 16.0 Å². The van der Waals surface area contributed by atoms with Crippen LogP contribution in [0.2, 0.25) is 0 Å². The smallest absolute Gasteiger partial charge is 0.338 e. The summed E-state index contributed by atoms with van der Waals surface area (Å²) in [7, 11) is 0. The molecule has 182 valence electrons. The summed E-state index contributed by atoms with van der Waals surface area (Å²) < 4.78 is 5.40. The molecule has 0 saturated heterocycles. The zero-order valence-corrected chi connectivity index (χ0v) is 21.2. The monoisotopic (exact) mass is 489 g/mol. The molecular weight excluding hydrogens is 458 g/mol. The van der Waals surface area contributed by atoms with Gasteiger partial charge in [0.25, 0.3) is 0 Å². The zero-order valence-electron chi connectivity index (χ0n) is 20.4. The Morgan fingerprint density at radius 1 is 0.886 bits per heavy atom. The van der Waals surface area contributed by atoms with Crippen molar-refractivity contribution in [1.82, 2.24) is 5.32 Å². The van der Waals surface area contributed by atoms with Gasteiger partial charge in [0.2, 0.25) is 5.91 Å². The van der Waals surface area contributed by atoms with Gasteiger partial charge in [-0.2, -0.15) is 0 Å². The first kappa shape index (κ1) is 25.9.